The van der Waals surface area contributed by atoms with Crippen LogP contribution in [0.5, 0.6) is 11.5 Å². The van der Waals surface area contributed by atoms with Crippen molar-refractivity contribution in [3.05, 3.63) is 78.4 Å². The number of hydrogen-bond acceptors (Lipinski definition) is 3. The Morgan fingerprint density at radius 1 is 0.531 bits per heavy atom. The van der Waals surface area contributed by atoms with Crippen molar-refractivity contribution in [2.75, 3.05) is 18.1 Å². The van der Waals surface area contributed by atoms with Gasteiger partial charge in [0.25, 0.3) is 0 Å². The van der Waals surface area contributed by atoms with Crippen molar-refractivity contribution in [2.45, 2.75) is 47.5 Å². The molecule has 0 atom stereocenters. The standard InChI is InChI=1S/C29H37NO2/c1-21(2)19-31-28-15-11-26(12-16-28)30(25-9-7-24(8-10-25)23(5)6)27-13-17-29(18-14-27)32-20-22(3)4/h7-18,21-23H,19-20H2,1-6H3. The minimum Gasteiger partial charge on any atom is -0.493 e. The lowest BCUT2D eigenvalue weighted by Gasteiger charge is -2.26. The molecule has 0 aliphatic heterocycles. The lowest BCUT2D eigenvalue weighted by molar-refractivity contribution is 0.271. The van der Waals surface area contributed by atoms with Crippen LogP contribution in [0.3, 0.4) is 0 Å². The zero-order valence-corrected chi connectivity index (χ0v) is 20.3. The fourth-order valence-electron chi connectivity index (χ4n) is 3.36. The third kappa shape index (κ3) is 6.53. The van der Waals surface area contributed by atoms with E-state index in [2.05, 4.69) is 95.0 Å². The van der Waals surface area contributed by atoms with Crippen LogP contribution in [0.25, 0.3) is 0 Å². The average molecular weight is 432 g/mol. The molecule has 3 nitrogen and oxygen atoms in total. The molecule has 0 bridgehead atoms. The Hall–Kier alpha value is -2.94. The van der Waals surface area contributed by atoms with E-state index in [1.165, 1.54) is 5.56 Å². The lowest BCUT2D eigenvalue weighted by Crippen LogP contribution is -2.10. The van der Waals surface area contributed by atoms with E-state index < -0.39 is 0 Å². The minimum atomic E-state index is 0.502. The molecule has 32 heavy (non-hydrogen) atoms. The Bertz CT molecular complexity index is 886. The van der Waals surface area contributed by atoms with Gasteiger partial charge < -0.3 is 14.4 Å². The van der Waals surface area contributed by atoms with Crippen LogP contribution >= 0.6 is 0 Å². The molecule has 3 rings (SSSR count). The van der Waals surface area contributed by atoms with Crippen molar-refractivity contribution in [3.63, 3.8) is 0 Å². The molecule has 0 aliphatic rings. The van der Waals surface area contributed by atoms with Crippen molar-refractivity contribution in [1.29, 1.82) is 0 Å². The van der Waals surface area contributed by atoms with Gasteiger partial charge in [-0.3, -0.25) is 0 Å². The molecule has 3 aromatic carbocycles. The maximum absolute atomic E-state index is 5.88. The maximum atomic E-state index is 5.88. The number of hydrogen-bond donors (Lipinski definition) is 0. The molecule has 0 amide bonds. The molecular weight excluding hydrogens is 394 g/mol. The van der Waals surface area contributed by atoms with Gasteiger partial charge in [-0.2, -0.15) is 0 Å². The molecule has 3 aromatic rings. The van der Waals surface area contributed by atoms with Gasteiger partial charge in [-0.15, -0.1) is 0 Å². The molecule has 0 radical (unpaired) electrons. The molecule has 0 aromatic heterocycles. The van der Waals surface area contributed by atoms with Gasteiger partial charge in [-0.05, 0) is 84.0 Å². The van der Waals surface area contributed by atoms with Crippen molar-refractivity contribution in [2.24, 2.45) is 11.8 Å². The predicted molar refractivity (Wildman–Crippen MR) is 136 cm³/mol. The first-order chi connectivity index (χ1) is 15.3. The van der Waals surface area contributed by atoms with Gasteiger partial charge in [0, 0.05) is 17.1 Å². The van der Waals surface area contributed by atoms with E-state index >= 15 is 0 Å². The van der Waals surface area contributed by atoms with Crippen molar-refractivity contribution < 1.29 is 9.47 Å². The van der Waals surface area contributed by atoms with Crippen molar-refractivity contribution >= 4 is 17.1 Å². The molecule has 0 N–H and O–H groups in total. The highest BCUT2D eigenvalue weighted by Crippen LogP contribution is 2.36. The molecule has 0 unspecified atom stereocenters. The Morgan fingerprint density at radius 3 is 1.19 bits per heavy atom. The van der Waals surface area contributed by atoms with Crippen LogP contribution in [0.4, 0.5) is 17.1 Å². The third-order valence-electron chi connectivity index (χ3n) is 5.17. The van der Waals surface area contributed by atoms with Crippen LogP contribution in [-0.2, 0) is 0 Å². The van der Waals surface area contributed by atoms with Gasteiger partial charge >= 0.3 is 0 Å². The second kappa shape index (κ2) is 11.1. The van der Waals surface area contributed by atoms with Crippen LogP contribution in [0, 0.1) is 11.8 Å². The first-order valence-electron chi connectivity index (χ1n) is 11.7. The Kier molecular flexibility index (Phi) is 8.21. The van der Waals surface area contributed by atoms with Crippen LogP contribution in [-0.4, -0.2) is 13.2 Å². The van der Waals surface area contributed by atoms with Gasteiger partial charge in [-0.25, -0.2) is 0 Å². The summed E-state index contributed by atoms with van der Waals surface area (Å²) in [6.45, 7) is 14.5. The highest BCUT2D eigenvalue weighted by molar-refractivity contribution is 5.77. The highest BCUT2D eigenvalue weighted by atomic mass is 16.5. The maximum Gasteiger partial charge on any atom is 0.119 e. The molecule has 3 heteroatoms. The average Bonchev–Trinajstić information content (AvgIpc) is 2.78. The van der Waals surface area contributed by atoms with E-state index in [9.17, 15) is 0 Å². The summed E-state index contributed by atoms with van der Waals surface area (Å²) in [6.07, 6.45) is 0. The van der Waals surface area contributed by atoms with Crippen molar-refractivity contribution in [3.8, 4) is 11.5 Å². The molecule has 0 spiro atoms. The number of rotatable bonds is 10. The fraction of sp³-hybridized carbons (Fsp3) is 0.379. The second-order valence-electron chi connectivity index (χ2n) is 9.48. The third-order valence-corrected chi connectivity index (χ3v) is 5.17. The summed E-state index contributed by atoms with van der Waals surface area (Å²) in [7, 11) is 0. The molecule has 0 heterocycles. The van der Waals surface area contributed by atoms with Gasteiger partial charge in [0.1, 0.15) is 11.5 Å². The highest BCUT2D eigenvalue weighted by Gasteiger charge is 2.14. The number of nitrogens with zero attached hydrogens (tertiary/aromatic N) is 1. The van der Waals surface area contributed by atoms with E-state index in [4.69, 9.17) is 9.47 Å². The molecule has 0 saturated heterocycles. The molecule has 0 fully saturated rings. The zero-order valence-electron chi connectivity index (χ0n) is 20.3. The topological polar surface area (TPSA) is 21.7 Å². The summed E-state index contributed by atoms with van der Waals surface area (Å²) in [5.41, 5.74) is 4.65. The summed E-state index contributed by atoms with van der Waals surface area (Å²) in [6, 6.07) is 25.5. The van der Waals surface area contributed by atoms with Crippen LogP contribution < -0.4 is 14.4 Å². The van der Waals surface area contributed by atoms with Crippen LogP contribution in [0.2, 0.25) is 0 Å². The first kappa shape index (κ1) is 23.7. The normalized spacial score (nSPS) is 11.3. The SMILES string of the molecule is CC(C)COc1ccc(N(c2ccc(OCC(C)C)cc2)c2ccc(C(C)C)cc2)cc1. The smallest absolute Gasteiger partial charge is 0.119 e. The fourth-order valence-corrected chi connectivity index (χ4v) is 3.36. The Balaban J connectivity index is 1.91. The number of benzene rings is 3. The molecule has 0 saturated carbocycles. The Labute approximate surface area is 194 Å². The van der Waals surface area contributed by atoms with Crippen LogP contribution in [0.15, 0.2) is 72.8 Å². The minimum absolute atomic E-state index is 0.502. The van der Waals surface area contributed by atoms with Gasteiger partial charge in [0.15, 0.2) is 0 Å². The van der Waals surface area contributed by atoms with Crippen LogP contribution in [0.1, 0.15) is 53.0 Å². The lowest BCUT2D eigenvalue weighted by atomic mass is 10.0. The quantitative estimate of drug-likeness (QED) is 0.322. The monoisotopic (exact) mass is 431 g/mol. The van der Waals surface area contributed by atoms with Gasteiger partial charge in [-0.1, -0.05) is 53.7 Å². The van der Waals surface area contributed by atoms with E-state index in [-0.39, 0.29) is 0 Å². The zero-order chi connectivity index (χ0) is 23.1. The first-order valence-corrected chi connectivity index (χ1v) is 11.7. The van der Waals surface area contributed by atoms with E-state index in [1.807, 2.05) is 24.3 Å². The summed E-state index contributed by atoms with van der Waals surface area (Å²) < 4.78 is 11.8. The second-order valence-corrected chi connectivity index (χ2v) is 9.48. The Morgan fingerprint density at radius 2 is 0.875 bits per heavy atom. The van der Waals surface area contributed by atoms with Crippen molar-refractivity contribution in [1.82, 2.24) is 0 Å². The summed E-state index contributed by atoms with van der Waals surface area (Å²) in [4.78, 5) is 2.27. The summed E-state index contributed by atoms with van der Waals surface area (Å²) >= 11 is 0. The molecular formula is C29H37NO2. The van der Waals surface area contributed by atoms with E-state index in [0.29, 0.717) is 17.8 Å². The number of anilines is 3. The summed E-state index contributed by atoms with van der Waals surface area (Å²) in [5, 5.41) is 0. The van der Waals surface area contributed by atoms with Gasteiger partial charge in [0.2, 0.25) is 0 Å². The van der Waals surface area contributed by atoms with E-state index in [1.54, 1.807) is 0 Å². The number of ether oxygens (including phenoxy) is 2. The predicted octanol–water partition coefficient (Wildman–Crippen LogP) is 8.35. The summed E-state index contributed by atoms with van der Waals surface area (Å²) in [5.74, 6) is 3.31. The van der Waals surface area contributed by atoms with E-state index in [0.717, 1.165) is 41.8 Å². The molecule has 0 aliphatic carbocycles. The molecule has 170 valence electrons. The van der Waals surface area contributed by atoms with Gasteiger partial charge in [0.05, 0.1) is 13.2 Å². The largest absolute Gasteiger partial charge is 0.493 e.